The molecule has 1 N–H and O–H groups in total. The minimum Gasteiger partial charge on any atom is -0.744 e. The standard InChI is InChI=1S/C19H17NO2.C6H5BrO3S/c1-20-16(11-9-15-5-3-4-6-17(15)20)10-7-14-8-12-18(21)19(13-14)22-2;7-5-1-3-6(4-2-5)11(8,9)10/h3-13H,1-2H3;1-4H,(H,8,9,10). The lowest BCUT2D eigenvalue weighted by Gasteiger charge is -2.05. The van der Waals surface area contributed by atoms with Crippen LogP contribution in [-0.2, 0) is 17.2 Å². The highest BCUT2D eigenvalue weighted by Gasteiger charge is 2.08. The van der Waals surface area contributed by atoms with Gasteiger partial charge in [0.1, 0.15) is 17.2 Å². The quantitative estimate of drug-likeness (QED) is 0.301. The number of fused-ring (bicyclic) bond motifs is 1. The first-order valence-corrected chi connectivity index (χ1v) is 12.0. The van der Waals surface area contributed by atoms with E-state index in [4.69, 9.17) is 4.74 Å². The molecule has 0 spiro atoms. The van der Waals surface area contributed by atoms with Gasteiger partial charge in [-0.3, -0.25) is 0 Å². The van der Waals surface area contributed by atoms with Crippen LogP contribution >= 0.6 is 15.9 Å². The van der Waals surface area contributed by atoms with Crippen molar-refractivity contribution in [3.8, 4) is 11.5 Å². The summed E-state index contributed by atoms with van der Waals surface area (Å²) >= 11 is 3.12. The molecule has 0 aliphatic carbocycles. The summed E-state index contributed by atoms with van der Waals surface area (Å²) in [4.78, 5) is -0.208. The predicted molar refractivity (Wildman–Crippen MR) is 131 cm³/mol. The number of ether oxygens (including phenoxy) is 1. The van der Waals surface area contributed by atoms with Crippen molar-refractivity contribution in [1.82, 2.24) is 0 Å². The number of halogens is 1. The summed E-state index contributed by atoms with van der Waals surface area (Å²) in [5.41, 5.74) is 3.27. The minimum atomic E-state index is -4.29. The Balaban J connectivity index is 0.000000235. The monoisotopic (exact) mass is 527 g/mol. The fourth-order valence-corrected chi connectivity index (χ4v) is 3.84. The summed E-state index contributed by atoms with van der Waals surface area (Å²) in [6.07, 6.45) is 4.06. The Hall–Kier alpha value is -3.20. The maximum Gasteiger partial charge on any atom is 0.212 e. The molecular weight excluding hydrogens is 506 g/mol. The van der Waals surface area contributed by atoms with Crippen molar-refractivity contribution < 1.29 is 27.4 Å². The SMILES string of the molecule is COc1cc(/C=C/c2ccc3ccccc3[n+]2C)ccc1O.O=S(=O)([O-])c1ccc(Br)cc1. The van der Waals surface area contributed by atoms with Crippen LogP contribution in [0.3, 0.4) is 0 Å². The van der Waals surface area contributed by atoms with E-state index in [0.717, 1.165) is 15.7 Å². The number of hydrogen-bond donors (Lipinski definition) is 1. The third-order valence-electron chi connectivity index (χ3n) is 4.87. The van der Waals surface area contributed by atoms with Gasteiger partial charge in [-0.1, -0.05) is 34.1 Å². The summed E-state index contributed by atoms with van der Waals surface area (Å²) in [5.74, 6) is 0.626. The highest BCUT2D eigenvalue weighted by molar-refractivity contribution is 9.10. The third-order valence-corrected chi connectivity index (χ3v) is 6.25. The first-order chi connectivity index (χ1) is 15.7. The Kier molecular flexibility index (Phi) is 7.86. The Morgan fingerprint density at radius 2 is 1.67 bits per heavy atom. The molecule has 0 aliphatic heterocycles. The Bertz CT molecular complexity index is 1400. The van der Waals surface area contributed by atoms with Gasteiger partial charge in [-0.25, -0.2) is 8.42 Å². The molecule has 0 atom stereocenters. The van der Waals surface area contributed by atoms with Crippen molar-refractivity contribution in [2.24, 2.45) is 7.05 Å². The molecule has 4 rings (SSSR count). The lowest BCUT2D eigenvalue weighted by molar-refractivity contribution is -0.646. The van der Waals surface area contributed by atoms with Crippen LogP contribution in [0.15, 0.2) is 88.2 Å². The number of para-hydroxylation sites is 1. The van der Waals surface area contributed by atoms with Crippen molar-refractivity contribution in [2.75, 3.05) is 7.11 Å². The van der Waals surface area contributed by atoms with E-state index in [1.54, 1.807) is 13.2 Å². The van der Waals surface area contributed by atoms with Gasteiger partial charge in [0.2, 0.25) is 11.2 Å². The van der Waals surface area contributed by atoms with E-state index in [9.17, 15) is 18.1 Å². The van der Waals surface area contributed by atoms with Crippen LogP contribution in [-0.4, -0.2) is 25.2 Å². The van der Waals surface area contributed by atoms with Gasteiger partial charge in [0.25, 0.3) is 0 Å². The molecule has 1 heterocycles. The van der Waals surface area contributed by atoms with E-state index < -0.39 is 10.1 Å². The van der Waals surface area contributed by atoms with Gasteiger partial charge in [-0.05, 0) is 60.2 Å². The second-order valence-corrected chi connectivity index (χ2v) is 9.34. The lowest BCUT2D eigenvalue weighted by Crippen LogP contribution is -2.32. The van der Waals surface area contributed by atoms with Crippen molar-refractivity contribution in [3.63, 3.8) is 0 Å². The van der Waals surface area contributed by atoms with E-state index in [0.29, 0.717) is 5.75 Å². The number of nitrogens with zero attached hydrogens (tertiary/aromatic N) is 1. The molecule has 8 heteroatoms. The zero-order chi connectivity index (χ0) is 24.0. The minimum absolute atomic E-state index is 0.149. The summed E-state index contributed by atoms with van der Waals surface area (Å²) in [6, 6.07) is 23.3. The number of methoxy groups -OCH3 is 1. The van der Waals surface area contributed by atoms with E-state index in [-0.39, 0.29) is 10.6 Å². The second kappa shape index (κ2) is 10.6. The van der Waals surface area contributed by atoms with Crippen LogP contribution in [0.5, 0.6) is 11.5 Å². The number of benzene rings is 3. The number of pyridine rings is 1. The molecule has 0 bridgehead atoms. The fraction of sp³-hybridized carbons (Fsp3) is 0.0800. The average molecular weight is 528 g/mol. The molecular formula is C25H22BrNO5S. The summed E-state index contributed by atoms with van der Waals surface area (Å²) in [7, 11) is -0.688. The van der Waals surface area contributed by atoms with Gasteiger partial charge >= 0.3 is 0 Å². The molecule has 0 saturated carbocycles. The van der Waals surface area contributed by atoms with Crippen LogP contribution in [0.4, 0.5) is 0 Å². The predicted octanol–water partition coefficient (Wildman–Crippen LogP) is 4.90. The maximum absolute atomic E-state index is 10.4. The first-order valence-electron chi connectivity index (χ1n) is 9.83. The molecule has 33 heavy (non-hydrogen) atoms. The number of phenolic OH excluding ortho intramolecular Hbond substituents is 1. The van der Waals surface area contributed by atoms with Gasteiger partial charge in [-0.2, -0.15) is 4.57 Å². The van der Waals surface area contributed by atoms with Crippen LogP contribution in [0, 0.1) is 0 Å². The Morgan fingerprint density at radius 3 is 2.33 bits per heavy atom. The van der Waals surface area contributed by atoms with Gasteiger partial charge in [0.05, 0.1) is 12.0 Å². The maximum atomic E-state index is 10.4. The highest BCUT2D eigenvalue weighted by Crippen LogP contribution is 2.27. The van der Waals surface area contributed by atoms with E-state index >= 15 is 0 Å². The van der Waals surface area contributed by atoms with E-state index in [2.05, 4.69) is 57.9 Å². The van der Waals surface area contributed by atoms with E-state index in [1.165, 1.54) is 35.2 Å². The van der Waals surface area contributed by atoms with Crippen LogP contribution in [0.2, 0.25) is 0 Å². The molecule has 1 aromatic heterocycles. The van der Waals surface area contributed by atoms with Crippen molar-refractivity contribution in [1.29, 1.82) is 0 Å². The Labute approximate surface area is 201 Å². The molecule has 170 valence electrons. The second-order valence-electron chi connectivity index (χ2n) is 7.05. The molecule has 0 radical (unpaired) electrons. The van der Waals surface area contributed by atoms with Crippen LogP contribution in [0.1, 0.15) is 11.3 Å². The largest absolute Gasteiger partial charge is 0.744 e. The number of phenols is 1. The van der Waals surface area contributed by atoms with Crippen LogP contribution in [0.25, 0.3) is 23.1 Å². The van der Waals surface area contributed by atoms with Crippen molar-refractivity contribution in [2.45, 2.75) is 4.90 Å². The molecule has 0 amide bonds. The highest BCUT2D eigenvalue weighted by atomic mass is 79.9. The van der Waals surface area contributed by atoms with Gasteiger partial charge in [0.15, 0.2) is 11.5 Å². The van der Waals surface area contributed by atoms with Gasteiger partial charge in [0, 0.05) is 28.1 Å². The Morgan fingerprint density at radius 1 is 0.970 bits per heavy atom. The number of aryl methyl sites for hydroxylation is 1. The third kappa shape index (κ3) is 6.41. The normalized spacial score (nSPS) is 11.3. The molecule has 6 nitrogen and oxygen atoms in total. The zero-order valence-corrected chi connectivity index (χ0v) is 20.4. The molecule has 0 fully saturated rings. The van der Waals surface area contributed by atoms with Crippen LogP contribution < -0.4 is 9.30 Å². The summed E-state index contributed by atoms with van der Waals surface area (Å²) in [5, 5.41) is 10.8. The number of rotatable bonds is 4. The van der Waals surface area contributed by atoms with Crippen molar-refractivity contribution >= 4 is 49.1 Å². The summed E-state index contributed by atoms with van der Waals surface area (Å²) in [6.45, 7) is 0. The molecule has 4 aromatic rings. The van der Waals surface area contributed by atoms with Gasteiger partial charge < -0.3 is 14.4 Å². The molecule has 0 saturated heterocycles. The molecule has 0 unspecified atom stereocenters. The number of aromatic hydroxyl groups is 1. The summed E-state index contributed by atoms with van der Waals surface area (Å²) < 4.78 is 39.1. The smallest absolute Gasteiger partial charge is 0.212 e. The molecule has 3 aromatic carbocycles. The topological polar surface area (TPSA) is 90.5 Å². The molecule has 0 aliphatic rings. The van der Waals surface area contributed by atoms with Crippen molar-refractivity contribution in [3.05, 3.63) is 94.6 Å². The number of hydrogen-bond acceptors (Lipinski definition) is 5. The average Bonchev–Trinajstić information content (AvgIpc) is 2.80. The number of aromatic nitrogens is 1. The van der Waals surface area contributed by atoms with Gasteiger partial charge in [-0.15, -0.1) is 0 Å². The lowest BCUT2D eigenvalue weighted by atomic mass is 10.1. The fourth-order valence-electron chi connectivity index (χ4n) is 3.11. The van der Waals surface area contributed by atoms with E-state index in [1.807, 2.05) is 30.3 Å². The zero-order valence-electron chi connectivity index (χ0n) is 18.0. The first kappa shape index (κ1) is 24.4.